The molecule has 9 heteroatoms. The van der Waals surface area contributed by atoms with Crippen molar-refractivity contribution in [2.75, 3.05) is 23.7 Å². The van der Waals surface area contributed by atoms with E-state index in [0.717, 1.165) is 43.0 Å². The average molecular weight is 482 g/mol. The van der Waals surface area contributed by atoms with Crippen LogP contribution in [0.1, 0.15) is 35.4 Å². The van der Waals surface area contributed by atoms with Crippen molar-refractivity contribution in [3.63, 3.8) is 0 Å². The van der Waals surface area contributed by atoms with Gasteiger partial charge < -0.3 is 15.5 Å². The van der Waals surface area contributed by atoms with E-state index < -0.39 is 11.7 Å². The van der Waals surface area contributed by atoms with Gasteiger partial charge in [-0.25, -0.2) is 9.97 Å². The van der Waals surface area contributed by atoms with Gasteiger partial charge >= 0.3 is 6.18 Å². The van der Waals surface area contributed by atoms with Crippen LogP contribution >= 0.6 is 0 Å². The lowest BCUT2D eigenvalue weighted by Gasteiger charge is -2.32. The number of carbonyl (C=O) groups is 1. The molecule has 2 N–H and O–H groups in total. The van der Waals surface area contributed by atoms with Crippen LogP contribution in [0.4, 0.5) is 30.5 Å². The Hall–Kier alpha value is -3.88. The van der Waals surface area contributed by atoms with Gasteiger partial charge in [-0.2, -0.15) is 13.2 Å². The van der Waals surface area contributed by atoms with Crippen molar-refractivity contribution >= 4 is 23.2 Å². The molecule has 1 aromatic heterocycles. The molecule has 1 aliphatic rings. The Morgan fingerprint density at radius 3 is 2.54 bits per heavy atom. The zero-order valence-electron chi connectivity index (χ0n) is 19.1. The molecule has 0 bridgehead atoms. The maximum absolute atomic E-state index is 12.6. The van der Waals surface area contributed by atoms with Crippen molar-refractivity contribution in [1.82, 2.24) is 14.9 Å². The number of hydrogen-bond donors (Lipinski definition) is 2. The summed E-state index contributed by atoms with van der Waals surface area (Å²) in [5.41, 5.74) is 3.02. The number of rotatable bonds is 7. The van der Waals surface area contributed by atoms with E-state index in [9.17, 15) is 18.0 Å². The number of amides is 1. The van der Waals surface area contributed by atoms with Crippen LogP contribution in [0, 0.1) is 0 Å². The number of halogens is 3. The summed E-state index contributed by atoms with van der Waals surface area (Å²) in [5.74, 6) is 0.371. The zero-order valence-corrected chi connectivity index (χ0v) is 19.1. The molecule has 0 spiro atoms. The molecular formula is C26H26F3N5O. The molecule has 1 aliphatic heterocycles. The molecule has 2 heterocycles. The van der Waals surface area contributed by atoms with Gasteiger partial charge in [-0.3, -0.25) is 4.79 Å². The summed E-state index contributed by atoms with van der Waals surface area (Å²) in [7, 11) is 0. The lowest BCUT2D eigenvalue weighted by Crippen LogP contribution is -2.38. The molecule has 35 heavy (non-hydrogen) atoms. The molecule has 0 radical (unpaired) electrons. The van der Waals surface area contributed by atoms with Crippen LogP contribution in [0.5, 0.6) is 0 Å². The average Bonchev–Trinajstić information content (AvgIpc) is 2.88. The Labute approximate surface area is 201 Å². The molecule has 3 aromatic rings. The SMILES string of the molecule is C=CC(=O)N1CCCC(c2cccc(NCc3ccc(Nc4ncc(C(F)(F)F)cn4)cc3)c2)C1. The van der Waals surface area contributed by atoms with Crippen LogP contribution in [0.15, 0.2) is 73.6 Å². The molecule has 0 aliphatic carbocycles. The van der Waals surface area contributed by atoms with Gasteiger partial charge in [0.1, 0.15) is 0 Å². The second kappa shape index (κ2) is 10.6. The third kappa shape index (κ3) is 6.38. The van der Waals surface area contributed by atoms with Gasteiger partial charge in [0, 0.05) is 49.3 Å². The topological polar surface area (TPSA) is 70.2 Å². The second-order valence-electron chi connectivity index (χ2n) is 8.42. The fourth-order valence-corrected chi connectivity index (χ4v) is 4.06. The molecule has 1 amide bonds. The predicted octanol–water partition coefficient (Wildman–Crippen LogP) is 5.74. The first kappa shape index (κ1) is 24.3. The molecule has 182 valence electrons. The van der Waals surface area contributed by atoms with E-state index in [2.05, 4.69) is 39.3 Å². The van der Waals surface area contributed by atoms with Gasteiger partial charge in [-0.05, 0) is 54.3 Å². The fraction of sp³-hybridized carbons (Fsp3) is 0.269. The van der Waals surface area contributed by atoms with Crippen LogP contribution in [0.2, 0.25) is 0 Å². The normalized spacial score (nSPS) is 16.0. The van der Waals surface area contributed by atoms with Crippen molar-refractivity contribution in [3.8, 4) is 0 Å². The first-order chi connectivity index (χ1) is 16.8. The van der Waals surface area contributed by atoms with Crippen LogP contribution in [0.3, 0.4) is 0 Å². The number of aromatic nitrogens is 2. The number of piperidine rings is 1. The summed E-state index contributed by atoms with van der Waals surface area (Å²) in [6.07, 6.45) is 0.431. The number of alkyl halides is 3. The molecule has 6 nitrogen and oxygen atoms in total. The Morgan fingerprint density at radius 1 is 1.11 bits per heavy atom. The van der Waals surface area contributed by atoms with Crippen LogP contribution in [-0.4, -0.2) is 33.9 Å². The third-order valence-corrected chi connectivity index (χ3v) is 5.95. The zero-order chi connectivity index (χ0) is 24.8. The van der Waals surface area contributed by atoms with Crippen molar-refractivity contribution in [1.29, 1.82) is 0 Å². The number of likely N-dealkylation sites (tertiary alicyclic amines) is 1. The molecule has 0 saturated carbocycles. The predicted molar refractivity (Wildman–Crippen MR) is 129 cm³/mol. The summed E-state index contributed by atoms with van der Waals surface area (Å²) in [6, 6.07) is 15.7. The standard InChI is InChI=1S/C26H26F3N5O/c1-2-24(35)34-12-4-6-20(17-34)19-5-3-7-23(13-19)30-14-18-8-10-22(11-9-18)33-25-31-15-21(16-32-25)26(27,28)29/h2-3,5,7-11,13,15-16,20,30H,1,4,6,12,14,17H2,(H,31,32,33). The van der Waals surface area contributed by atoms with Crippen LogP contribution in [-0.2, 0) is 17.5 Å². The molecule has 1 atom stereocenters. The smallest absolute Gasteiger partial charge is 0.381 e. The molecular weight excluding hydrogens is 455 g/mol. The van der Waals surface area contributed by atoms with E-state index in [-0.39, 0.29) is 11.9 Å². The number of hydrogen-bond acceptors (Lipinski definition) is 5. The highest BCUT2D eigenvalue weighted by molar-refractivity contribution is 5.87. The highest BCUT2D eigenvalue weighted by atomic mass is 19.4. The van der Waals surface area contributed by atoms with Crippen molar-refractivity contribution in [2.45, 2.75) is 31.5 Å². The molecule has 2 aromatic carbocycles. The maximum Gasteiger partial charge on any atom is 0.419 e. The molecule has 1 saturated heterocycles. The Kier molecular flexibility index (Phi) is 7.33. The highest BCUT2D eigenvalue weighted by Gasteiger charge is 2.31. The van der Waals surface area contributed by atoms with Gasteiger partial charge in [0.25, 0.3) is 0 Å². The summed E-state index contributed by atoms with van der Waals surface area (Å²) < 4.78 is 37.9. The van der Waals surface area contributed by atoms with Crippen molar-refractivity contribution in [3.05, 3.63) is 90.3 Å². The van der Waals surface area contributed by atoms with Gasteiger partial charge in [0.2, 0.25) is 11.9 Å². The molecule has 1 fully saturated rings. The lowest BCUT2D eigenvalue weighted by molar-refractivity contribution is -0.138. The Bertz CT molecular complexity index is 1160. The number of anilines is 3. The van der Waals surface area contributed by atoms with Crippen molar-refractivity contribution < 1.29 is 18.0 Å². The molecule has 1 unspecified atom stereocenters. The van der Waals surface area contributed by atoms with Crippen LogP contribution in [0.25, 0.3) is 0 Å². The van der Waals surface area contributed by atoms with E-state index in [1.165, 1.54) is 11.6 Å². The first-order valence-corrected chi connectivity index (χ1v) is 11.3. The number of carbonyl (C=O) groups excluding carboxylic acids is 1. The minimum absolute atomic E-state index is 0.0215. The van der Waals surface area contributed by atoms with Gasteiger partial charge in [0.05, 0.1) is 5.56 Å². The first-order valence-electron chi connectivity index (χ1n) is 11.3. The van der Waals surface area contributed by atoms with Gasteiger partial charge in [0.15, 0.2) is 0 Å². The van der Waals surface area contributed by atoms with E-state index in [1.807, 2.05) is 41.3 Å². The lowest BCUT2D eigenvalue weighted by atomic mass is 9.90. The van der Waals surface area contributed by atoms with E-state index in [1.54, 1.807) is 0 Å². The summed E-state index contributed by atoms with van der Waals surface area (Å²) in [4.78, 5) is 21.3. The summed E-state index contributed by atoms with van der Waals surface area (Å²) in [6.45, 7) is 5.67. The van der Waals surface area contributed by atoms with Crippen molar-refractivity contribution in [2.24, 2.45) is 0 Å². The third-order valence-electron chi connectivity index (χ3n) is 5.95. The van der Waals surface area contributed by atoms with E-state index in [4.69, 9.17) is 0 Å². The highest BCUT2D eigenvalue weighted by Crippen LogP contribution is 2.30. The van der Waals surface area contributed by atoms with E-state index in [0.29, 0.717) is 24.7 Å². The Balaban J connectivity index is 1.33. The largest absolute Gasteiger partial charge is 0.419 e. The molecule has 4 rings (SSSR count). The Morgan fingerprint density at radius 2 is 1.86 bits per heavy atom. The summed E-state index contributed by atoms with van der Waals surface area (Å²) >= 11 is 0. The van der Waals surface area contributed by atoms with E-state index >= 15 is 0 Å². The quantitative estimate of drug-likeness (QED) is 0.421. The minimum Gasteiger partial charge on any atom is -0.381 e. The summed E-state index contributed by atoms with van der Waals surface area (Å²) in [5, 5.41) is 6.33. The maximum atomic E-state index is 12.6. The monoisotopic (exact) mass is 481 g/mol. The fourth-order valence-electron chi connectivity index (χ4n) is 4.06. The number of benzene rings is 2. The second-order valence-corrected chi connectivity index (χ2v) is 8.42. The minimum atomic E-state index is -4.46. The van der Waals surface area contributed by atoms with Crippen LogP contribution < -0.4 is 10.6 Å². The van der Waals surface area contributed by atoms with Gasteiger partial charge in [-0.15, -0.1) is 0 Å². The number of nitrogens with one attached hydrogen (secondary N) is 2. The van der Waals surface area contributed by atoms with Gasteiger partial charge in [-0.1, -0.05) is 30.8 Å². The number of nitrogens with zero attached hydrogens (tertiary/aromatic N) is 3.